The Bertz CT molecular complexity index is 655. The molecule has 0 aliphatic carbocycles. The van der Waals surface area contributed by atoms with Gasteiger partial charge in [-0.3, -0.25) is 4.79 Å². The van der Waals surface area contributed by atoms with Gasteiger partial charge in [-0.2, -0.15) is 0 Å². The molecule has 0 saturated carbocycles. The zero-order valence-electron chi connectivity index (χ0n) is 12.3. The first-order valence-corrected chi connectivity index (χ1v) is 6.91. The van der Waals surface area contributed by atoms with Gasteiger partial charge in [0.15, 0.2) is 0 Å². The average molecular weight is 286 g/mol. The molecule has 0 spiro atoms. The van der Waals surface area contributed by atoms with Crippen LogP contribution in [0.5, 0.6) is 0 Å². The van der Waals surface area contributed by atoms with Crippen LogP contribution in [0, 0.1) is 12.7 Å². The second-order valence-corrected chi connectivity index (χ2v) is 5.05. The van der Waals surface area contributed by atoms with E-state index in [1.165, 1.54) is 18.2 Å². The number of hydrogen-bond acceptors (Lipinski definition) is 2. The van der Waals surface area contributed by atoms with Gasteiger partial charge >= 0.3 is 0 Å². The minimum absolute atomic E-state index is 0.0181. The van der Waals surface area contributed by atoms with Gasteiger partial charge < -0.3 is 10.6 Å². The summed E-state index contributed by atoms with van der Waals surface area (Å²) in [5, 5.41) is 0. The van der Waals surface area contributed by atoms with E-state index >= 15 is 0 Å². The Labute approximate surface area is 124 Å². The minimum atomic E-state index is -0.545. The molecule has 0 aliphatic rings. The van der Waals surface area contributed by atoms with Gasteiger partial charge in [0.1, 0.15) is 5.82 Å². The molecule has 1 amide bonds. The van der Waals surface area contributed by atoms with Crippen LogP contribution in [0.4, 0.5) is 10.1 Å². The number of rotatable bonds is 4. The van der Waals surface area contributed by atoms with Crippen LogP contribution in [0.1, 0.15) is 28.4 Å². The summed E-state index contributed by atoms with van der Waals surface area (Å²) < 4.78 is 13.8. The van der Waals surface area contributed by atoms with Gasteiger partial charge in [-0.05, 0) is 37.6 Å². The number of amides is 1. The van der Waals surface area contributed by atoms with E-state index in [0.29, 0.717) is 18.8 Å². The fraction of sp³-hybridized carbons (Fsp3) is 0.235. The van der Waals surface area contributed by atoms with E-state index in [0.717, 1.165) is 11.1 Å². The molecule has 21 heavy (non-hydrogen) atoms. The van der Waals surface area contributed by atoms with Crippen LogP contribution in [-0.2, 0) is 6.54 Å². The van der Waals surface area contributed by atoms with Gasteiger partial charge in [0.05, 0.1) is 5.56 Å². The van der Waals surface area contributed by atoms with Crippen LogP contribution in [0.15, 0.2) is 42.5 Å². The predicted molar refractivity (Wildman–Crippen MR) is 82.4 cm³/mol. The van der Waals surface area contributed by atoms with Crippen LogP contribution < -0.4 is 5.73 Å². The largest absolute Gasteiger partial charge is 0.399 e. The highest BCUT2D eigenvalue weighted by Gasteiger charge is 2.18. The minimum Gasteiger partial charge on any atom is -0.399 e. The summed E-state index contributed by atoms with van der Waals surface area (Å²) in [5.41, 5.74) is 8.19. The number of carbonyl (C=O) groups is 1. The number of aryl methyl sites for hydroxylation is 1. The normalized spacial score (nSPS) is 10.4. The summed E-state index contributed by atoms with van der Waals surface area (Å²) in [7, 11) is 0. The molecule has 2 aromatic carbocycles. The van der Waals surface area contributed by atoms with E-state index in [-0.39, 0.29) is 11.5 Å². The van der Waals surface area contributed by atoms with Crippen molar-refractivity contribution in [2.45, 2.75) is 20.4 Å². The summed E-state index contributed by atoms with van der Waals surface area (Å²) in [4.78, 5) is 14.1. The van der Waals surface area contributed by atoms with Gasteiger partial charge in [0, 0.05) is 18.8 Å². The predicted octanol–water partition coefficient (Wildman–Crippen LogP) is 3.38. The number of nitrogens with two attached hydrogens (primary N) is 1. The number of benzene rings is 2. The number of nitrogens with zero attached hydrogens (tertiary/aromatic N) is 1. The second kappa shape index (κ2) is 6.39. The van der Waals surface area contributed by atoms with Crippen molar-refractivity contribution in [2.75, 3.05) is 12.3 Å². The van der Waals surface area contributed by atoms with E-state index in [1.54, 1.807) is 4.90 Å². The average Bonchev–Trinajstić information content (AvgIpc) is 2.46. The molecule has 0 aliphatic heterocycles. The quantitative estimate of drug-likeness (QED) is 0.876. The maximum Gasteiger partial charge on any atom is 0.257 e. The lowest BCUT2D eigenvalue weighted by atomic mass is 10.1. The van der Waals surface area contributed by atoms with Gasteiger partial charge in [-0.25, -0.2) is 4.39 Å². The number of anilines is 1. The molecule has 0 saturated heterocycles. The molecule has 0 heterocycles. The van der Waals surface area contributed by atoms with Crippen molar-refractivity contribution in [2.24, 2.45) is 0 Å². The van der Waals surface area contributed by atoms with Gasteiger partial charge in [-0.1, -0.05) is 29.8 Å². The zero-order chi connectivity index (χ0) is 15.4. The standard InChI is InChI=1S/C17H19FN2O/c1-3-20(11-13-6-4-5-12(2)9-13)17(21)15-10-14(19)7-8-16(15)18/h4-10H,3,11,19H2,1-2H3. The highest BCUT2D eigenvalue weighted by Crippen LogP contribution is 2.16. The maximum atomic E-state index is 13.8. The highest BCUT2D eigenvalue weighted by molar-refractivity contribution is 5.95. The third-order valence-corrected chi connectivity index (χ3v) is 3.35. The summed E-state index contributed by atoms with van der Waals surface area (Å²) in [6, 6.07) is 12.0. The number of halogens is 1. The molecule has 4 heteroatoms. The Morgan fingerprint density at radius 2 is 2.00 bits per heavy atom. The molecule has 2 rings (SSSR count). The monoisotopic (exact) mass is 286 g/mol. The Hall–Kier alpha value is -2.36. The smallest absolute Gasteiger partial charge is 0.257 e. The Morgan fingerprint density at radius 3 is 2.67 bits per heavy atom. The van der Waals surface area contributed by atoms with Crippen molar-refractivity contribution in [3.63, 3.8) is 0 Å². The van der Waals surface area contributed by atoms with Crippen LogP contribution in [0.3, 0.4) is 0 Å². The molecule has 0 fully saturated rings. The van der Waals surface area contributed by atoms with Crippen molar-refractivity contribution >= 4 is 11.6 Å². The zero-order valence-corrected chi connectivity index (χ0v) is 12.3. The second-order valence-electron chi connectivity index (χ2n) is 5.05. The first-order chi connectivity index (χ1) is 10.0. The molecular weight excluding hydrogens is 267 g/mol. The number of carbonyl (C=O) groups excluding carboxylic acids is 1. The molecule has 0 radical (unpaired) electrons. The highest BCUT2D eigenvalue weighted by atomic mass is 19.1. The molecule has 3 nitrogen and oxygen atoms in total. The van der Waals surface area contributed by atoms with Crippen molar-refractivity contribution in [1.29, 1.82) is 0 Å². The molecule has 0 unspecified atom stereocenters. The summed E-state index contributed by atoms with van der Waals surface area (Å²) in [6.07, 6.45) is 0. The van der Waals surface area contributed by atoms with E-state index in [9.17, 15) is 9.18 Å². The van der Waals surface area contributed by atoms with Crippen LogP contribution in [0.2, 0.25) is 0 Å². The molecule has 110 valence electrons. The van der Waals surface area contributed by atoms with E-state index in [1.807, 2.05) is 38.1 Å². The molecule has 0 bridgehead atoms. The Morgan fingerprint density at radius 1 is 1.24 bits per heavy atom. The van der Waals surface area contributed by atoms with Gasteiger partial charge in [0.2, 0.25) is 0 Å². The topological polar surface area (TPSA) is 46.3 Å². The van der Waals surface area contributed by atoms with Crippen molar-refractivity contribution < 1.29 is 9.18 Å². The summed E-state index contributed by atoms with van der Waals surface area (Å²) in [6.45, 7) is 4.82. The maximum absolute atomic E-state index is 13.8. The molecule has 2 N–H and O–H groups in total. The van der Waals surface area contributed by atoms with E-state index in [2.05, 4.69) is 0 Å². The fourth-order valence-corrected chi connectivity index (χ4v) is 2.24. The Balaban J connectivity index is 2.24. The lowest BCUT2D eigenvalue weighted by Crippen LogP contribution is -2.31. The molecule has 0 aromatic heterocycles. The van der Waals surface area contributed by atoms with Crippen molar-refractivity contribution in [3.05, 3.63) is 65.0 Å². The van der Waals surface area contributed by atoms with Crippen LogP contribution >= 0.6 is 0 Å². The first-order valence-electron chi connectivity index (χ1n) is 6.91. The van der Waals surface area contributed by atoms with E-state index < -0.39 is 5.82 Å². The molecule has 2 aromatic rings. The van der Waals surface area contributed by atoms with Crippen LogP contribution in [0.25, 0.3) is 0 Å². The van der Waals surface area contributed by atoms with Crippen LogP contribution in [-0.4, -0.2) is 17.4 Å². The SMILES string of the molecule is CCN(Cc1cccc(C)c1)C(=O)c1cc(N)ccc1F. The molecule has 0 atom stereocenters. The first kappa shape index (κ1) is 15.0. The number of hydrogen-bond donors (Lipinski definition) is 1. The Kier molecular flexibility index (Phi) is 4.58. The lowest BCUT2D eigenvalue weighted by Gasteiger charge is -2.21. The van der Waals surface area contributed by atoms with Crippen molar-refractivity contribution in [1.82, 2.24) is 4.90 Å². The summed E-state index contributed by atoms with van der Waals surface area (Å²) >= 11 is 0. The van der Waals surface area contributed by atoms with Gasteiger partial charge in [-0.15, -0.1) is 0 Å². The summed E-state index contributed by atoms with van der Waals surface area (Å²) in [5.74, 6) is -0.888. The lowest BCUT2D eigenvalue weighted by molar-refractivity contribution is 0.0748. The van der Waals surface area contributed by atoms with E-state index in [4.69, 9.17) is 5.73 Å². The molecular formula is C17H19FN2O. The van der Waals surface area contributed by atoms with Gasteiger partial charge in [0.25, 0.3) is 5.91 Å². The van der Waals surface area contributed by atoms with Crippen molar-refractivity contribution in [3.8, 4) is 0 Å². The third kappa shape index (κ3) is 3.60. The fourth-order valence-electron chi connectivity index (χ4n) is 2.24. The third-order valence-electron chi connectivity index (χ3n) is 3.35. The number of nitrogen functional groups attached to an aromatic ring is 1.